The summed E-state index contributed by atoms with van der Waals surface area (Å²) in [6.07, 6.45) is 2.82. The van der Waals surface area contributed by atoms with Crippen LogP contribution < -0.4 is 10.2 Å². The standard InChI is InChI=1S/C16H20ClN5O3/c1-16(2,3)25-15(24)21(4)12-7-11(17)20-13-10(8-18-22(12)13)14(23)19-9-5-6-9/h7-9H,5-6H2,1-4H3,(H,19,23). The summed E-state index contributed by atoms with van der Waals surface area (Å²) >= 11 is 6.09. The first-order valence-electron chi connectivity index (χ1n) is 7.97. The molecule has 8 nitrogen and oxygen atoms in total. The molecule has 0 bridgehead atoms. The number of anilines is 1. The molecule has 2 aromatic rings. The van der Waals surface area contributed by atoms with E-state index in [0.29, 0.717) is 11.4 Å². The topological polar surface area (TPSA) is 88.8 Å². The molecule has 2 amide bonds. The number of halogens is 1. The second-order valence-corrected chi connectivity index (χ2v) is 7.41. The van der Waals surface area contributed by atoms with Crippen LogP contribution in [0.3, 0.4) is 0 Å². The van der Waals surface area contributed by atoms with Crippen LogP contribution >= 0.6 is 11.6 Å². The monoisotopic (exact) mass is 365 g/mol. The normalized spacial score (nSPS) is 14.4. The van der Waals surface area contributed by atoms with Crippen molar-refractivity contribution < 1.29 is 14.3 Å². The molecule has 25 heavy (non-hydrogen) atoms. The van der Waals surface area contributed by atoms with Gasteiger partial charge >= 0.3 is 6.09 Å². The Hall–Kier alpha value is -2.35. The SMILES string of the molecule is CN(C(=O)OC(C)(C)C)c1cc(Cl)nc2c(C(=O)NC3CC3)cnn12. The summed E-state index contributed by atoms with van der Waals surface area (Å²) in [5.74, 6) is 0.104. The number of hydrogen-bond donors (Lipinski definition) is 1. The molecule has 3 rings (SSSR count). The number of ether oxygens (including phenoxy) is 1. The molecule has 2 heterocycles. The number of nitrogens with one attached hydrogen (secondary N) is 1. The Morgan fingerprint density at radius 2 is 2.08 bits per heavy atom. The van der Waals surface area contributed by atoms with Crippen LogP contribution in [0.25, 0.3) is 5.65 Å². The number of carbonyl (C=O) groups is 2. The van der Waals surface area contributed by atoms with Gasteiger partial charge in [0, 0.05) is 19.2 Å². The zero-order chi connectivity index (χ0) is 18.4. The number of amides is 2. The third-order valence-electron chi connectivity index (χ3n) is 3.59. The van der Waals surface area contributed by atoms with E-state index in [1.165, 1.54) is 21.7 Å². The highest BCUT2D eigenvalue weighted by Crippen LogP contribution is 2.24. The van der Waals surface area contributed by atoms with Crippen molar-refractivity contribution in [1.29, 1.82) is 0 Å². The lowest BCUT2D eigenvalue weighted by Gasteiger charge is -2.24. The van der Waals surface area contributed by atoms with Crippen LogP contribution in [0.15, 0.2) is 12.3 Å². The van der Waals surface area contributed by atoms with Gasteiger partial charge in [-0.15, -0.1) is 0 Å². The molecule has 0 aromatic carbocycles. The zero-order valence-corrected chi connectivity index (χ0v) is 15.3. The van der Waals surface area contributed by atoms with Crippen molar-refractivity contribution in [3.05, 3.63) is 23.0 Å². The number of aromatic nitrogens is 3. The lowest BCUT2D eigenvalue weighted by Crippen LogP contribution is -2.35. The quantitative estimate of drug-likeness (QED) is 0.844. The Balaban J connectivity index is 1.97. The molecule has 0 atom stereocenters. The van der Waals surface area contributed by atoms with Crippen LogP contribution in [0, 0.1) is 0 Å². The number of carbonyl (C=O) groups excluding carboxylic acids is 2. The smallest absolute Gasteiger partial charge is 0.415 e. The summed E-state index contributed by atoms with van der Waals surface area (Å²) in [6, 6.07) is 1.71. The molecule has 1 N–H and O–H groups in total. The number of hydrogen-bond acceptors (Lipinski definition) is 5. The Labute approximate surface area is 150 Å². The summed E-state index contributed by atoms with van der Waals surface area (Å²) in [4.78, 5) is 30.1. The molecule has 0 saturated heterocycles. The highest BCUT2D eigenvalue weighted by atomic mass is 35.5. The fourth-order valence-corrected chi connectivity index (χ4v) is 2.41. The number of nitrogens with zero attached hydrogens (tertiary/aromatic N) is 4. The van der Waals surface area contributed by atoms with Gasteiger partial charge in [0.15, 0.2) is 5.65 Å². The number of rotatable bonds is 3. The van der Waals surface area contributed by atoms with E-state index >= 15 is 0 Å². The van der Waals surface area contributed by atoms with E-state index < -0.39 is 11.7 Å². The van der Waals surface area contributed by atoms with Crippen LogP contribution in [0.2, 0.25) is 5.15 Å². The second kappa shape index (κ2) is 6.18. The molecule has 1 fully saturated rings. The maximum absolute atomic E-state index is 12.3. The molecule has 1 saturated carbocycles. The van der Waals surface area contributed by atoms with Gasteiger partial charge in [-0.1, -0.05) is 11.6 Å². The summed E-state index contributed by atoms with van der Waals surface area (Å²) < 4.78 is 6.76. The average molecular weight is 366 g/mol. The Morgan fingerprint density at radius 1 is 1.40 bits per heavy atom. The Morgan fingerprint density at radius 3 is 2.68 bits per heavy atom. The minimum Gasteiger partial charge on any atom is -0.443 e. The van der Waals surface area contributed by atoms with Crippen molar-refractivity contribution in [3.63, 3.8) is 0 Å². The first-order chi connectivity index (χ1) is 11.7. The van der Waals surface area contributed by atoms with Crippen LogP contribution in [-0.2, 0) is 4.74 Å². The first kappa shape index (κ1) is 17.5. The Kier molecular flexibility index (Phi) is 4.32. The fraction of sp³-hybridized carbons (Fsp3) is 0.500. The second-order valence-electron chi connectivity index (χ2n) is 7.02. The van der Waals surface area contributed by atoms with E-state index in [1.807, 2.05) is 0 Å². The lowest BCUT2D eigenvalue weighted by atomic mass is 10.2. The number of fused-ring (bicyclic) bond motifs is 1. The van der Waals surface area contributed by atoms with Crippen LogP contribution in [0.4, 0.5) is 10.6 Å². The summed E-state index contributed by atoms with van der Waals surface area (Å²) in [6.45, 7) is 5.34. The van der Waals surface area contributed by atoms with Gasteiger partial charge < -0.3 is 10.1 Å². The van der Waals surface area contributed by atoms with Crippen molar-refractivity contribution in [2.45, 2.75) is 45.3 Å². The summed E-state index contributed by atoms with van der Waals surface area (Å²) in [5.41, 5.74) is -0.0370. The van der Waals surface area contributed by atoms with Gasteiger partial charge in [0.05, 0.1) is 6.20 Å². The maximum atomic E-state index is 12.3. The third-order valence-corrected chi connectivity index (χ3v) is 3.78. The molecule has 1 aliphatic rings. The van der Waals surface area contributed by atoms with E-state index in [9.17, 15) is 9.59 Å². The van der Waals surface area contributed by atoms with E-state index in [2.05, 4.69) is 15.4 Å². The molecule has 0 aliphatic heterocycles. The van der Waals surface area contributed by atoms with Crippen molar-refractivity contribution in [3.8, 4) is 0 Å². The van der Waals surface area contributed by atoms with Crippen LogP contribution in [0.1, 0.15) is 44.0 Å². The summed E-state index contributed by atoms with van der Waals surface area (Å²) in [7, 11) is 1.55. The minimum absolute atomic E-state index is 0.152. The molecular weight excluding hydrogens is 346 g/mol. The highest BCUT2D eigenvalue weighted by Gasteiger charge is 2.27. The van der Waals surface area contributed by atoms with Crippen molar-refractivity contribution >= 4 is 35.1 Å². The van der Waals surface area contributed by atoms with Gasteiger partial charge in [-0.2, -0.15) is 9.61 Å². The van der Waals surface area contributed by atoms with E-state index in [4.69, 9.17) is 16.3 Å². The minimum atomic E-state index is -0.638. The molecule has 2 aromatic heterocycles. The van der Waals surface area contributed by atoms with Crippen molar-refractivity contribution in [1.82, 2.24) is 19.9 Å². The molecule has 9 heteroatoms. The lowest BCUT2D eigenvalue weighted by molar-refractivity contribution is 0.0587. The third kappa shape index (κ3) is 3.84. The van der Waals surface area contributed by atoms with Crippen molar-refractivity contribution in [2.75, 3.05) is 11.9 Å². The highest BCUT2D eigenvalue weighted by molar-refractivity contribution is 6.30. The molecule has 134 valence electrons. The van der Waals surface area contributed by atoms with Crippen LogP contribution in [0.5, 0.6) is 0 Å². The molecule has 1 aliphatic carbocycles. The van der Waals surface area contributed by atoms with E-state index in [-0.39, 0.29) is 22.7 Å². The largest absolute Gasteiger partial charge is 0.443 e. The van der Waals surface area contributed by atoms with E-state index in [1.54, 1.807) is 27.8 Å². The summed E-state index contributed by atoms with van der Waals surface area (Å²) in [5, 5.41) is 7.24. The fourth-order valence-electron chi connectivity index (χ4n) is 2.23. The van der Waals surface area contributed by atoms with Gasteiger partial charge in [-0.3, -0.25) is 9.69 Å². The predicted molar refractivity (Wildman–Crippen MR) is 93.1 cm³/mol. The van der Waals surface area contributed by atoms with Gasteiger partial charge in [0.1, 0.15) is 22.1 Å². The molecule has 0 unspecified atom stereocenters. The van der Waals surface area contributed by atoms with Gasteiger partial charge in [0.25, 0.3) is 5.91 Å². The Bertz CT molecular complexity index is 838. The van der Waals surface area contributed by atoms with E-state index in [0.717, 1.165) is 12.8 Å². The van der Waals surface area contributed by atoms with Crippen molar-refractivity contribution in [2.24, 2.45) is 0 Å². The molecule has 0 radical (unpaired) electrons. The predicted octanol–water partition coefficient (Wildman–Crippen LogP) is 2.65. The molecule has 0 spiro atoms. The van der Waals surface area contributed by atoms with Gasteiger partial charge in [-0.25, -0.2) is 9.78 Å². The first-order valence-corrected chi connectivity index (χ1v) is 8.35. The zero-order valence-electron chi connectivity index (χ0n) is 14.5. The van der Waals surface area contributed by atoms with Gasteiger partial charge in [-0.05, 0) is 33.6 Å². The maximum Gasteiger partial charge on any atom is 0.415 e. The molecular formula is C16H20ClN5O3. The van der Waals surface area contributed by atoms with Crippen LogP contribution in [-0.4, -0.2) is 45.3 Å². The average Bonchev–Trinajstić information content (AvgIpc) is 3.20. The van der Waals surface area contributed by atoms with Gasteiger partial charge in [0.2, 0.25) is 0 Å².